The predicted octanol–water partition coefficient (Wildman–Crippen LogP) is 4.05. The van der Waals surface area contributed by atoms with Crippen LogP contribution in [0.5, 0.6) is 0 Å². The summed E-state index contributed by atoms with van der Waals surface area (Å²) in [5.41, 5.74) is 2.54. The predicted molar refractivity (Wildman–Crippen MR) is 111 cm³/mol. The number of thiazole rings is 1. The standard InChI is InChI=1S/C21H17FN2O4S2/c1-13-17(18-9-14(22)7-8-19(18)24(13)11-20(25)26)10-15-12-29-21(23-15)30(27,28)16-5-3-2-4-6-16/h2-9,12H,10-11H2,1H3,(H,25,26). The molecule has 2 aromatic carbocycles. The molecule has 2 heterocycles. The van der Waals surface area contributed by atoms with E-state index < -0.39 is 21.6 Å². The molecule has 0 aliphatic heterocycles. The molecule has 4 rings (SSSR count). The van der Waals surface area contributed by atoms with E-state index in [0.29, 0.717) is 22.3 Å². The van der Waals surface area contributed by atoms with Gasteiger partial charge in [0.05, 0.1) is 10.6 Å². The molecule has 0 bridgehead atoms. The quantitative estimate of drug-likeness (QED) is 0.485. The molecule has 0 radical (unpaired) electrons. The molecule has 30 heavy (non-hydrogen) atoms. The second kappa shape index (κ2) is 7.66. The van der Waals surface area contributed by atoms with Gasteiger partial charge in [0.1, 0.15) is 12.4 Å². The van der Waals surface area contributed by atoms with E-state index in [0.717, 1.165) is 16.9 Å². The van der Waals surface area contributed by atoms with Gasteiger partial charge in [0, 0.05) is 28.4 Å². The molecule has 0 fully saturated rings. The molecule has 0 saturated heterocycles. The maximum absolute atomic E-state index is 13.9. The number of hydrogen-bond donors (Lipinski definition) is 1. The topological polar surface area (TPSA) is 89.3 Å². The summed E-state index contributed by atoms with van der Waals surface area (Å²) in [5.74, 6) is -1.43. The van der Waals surface area contributed by atoms with E-state index in [1.165, 1.54) is 24.3 Å². The Hall–Kier alpha value is -3.04. The van der Waals surface area contributed by atoms with Gasteiger partial charge < -0.3 is 9.67 Å². The van der Waals surface area contributed by atoms with Crippen LogP contribution in [0.25, 0.3) is 10.9 Å². The molecule has 6 nitrogen and oxygen atoms in total. The maximum Gasteiger partial charge on any atom is 0.323 e. The first-order valence-corrected chi connectivity index (χ1v) is 11.4. The molecular formula is C21H17FN2O4S2. The minimum atomic E-state index is -3.72. The average molecular weight is 445 g/mol. The van der Waals surface area contributed by atoms with Crippen molar-refractivity contribution in [2.75, 3.05) is 0 Å². The van der Waals surface area contributed by atoms with E-state index in [4.69, 9.17) is 0 Å². The maximum atomic E-state index is 13.9. The zero-order chi connectivity index (χ0) is 21.5. The van der Waals surface area contributed by atoms with Gasteiger partial charge in [-0.25, -0.2) is 17.8 Å². The molecule has 0 aliphatic carbocycles. The molecular weight excluding hydrogens is 427 g/mol. The van der Waals surface area contributed by atoms with Gasteiger partial charge in [0.15, 0.2) is 0 Å². The van der Waals surface area contributed by atoms with Gasteiger partial charge in [0.2, 0.25) is 14.2 Å². The third kappa shape index (κ3) is 3.61. The summed E-state index contributed by atoms with van der Waals surface area (Å²) in [4.78, 5) is 15.7. The van der Waals surface area contributed by atoms with Gasteiger partial charge in [-0.05, 0) is 42.8 Å². The number of benzene rings is 2. The van der Waals surface area contributed by atoms with Crippen molar-refractivity contribution in [3.8, 4) is 0 Å². The highest BCUT2D eigenvalue weighted by atomic mass is 32.2. The minimum Gasteiger partial charge on any atom is -0.480 e. The van der Waals surface area contributed by atoms with Gasteiger partial charge in [-0.1, -0.05) is 18.2 Å². The average Bonchev–Trinajstić information content (AvgIpc) is 3.28. The highest BCUT2D eigenvalue weighted by Crippen LogP contribution is 2.30. The fraction of sp³-hybridized carbons (Fsp3) is 0.143. The number of carboxylic acid groups (broad SMARTS) is 1. The van der Waals surface area contributed by atoms with Crippen molar-refractivity contribution in [1.29, 1.82) is 0 Å². The van der Waals surface area contributed by atoms with E-state index in [1.54, 1.807) is 41.1 Å². The van der Waals surface area contributed by atoms with Crippen LogP contribution in [-0.4, -0.2) is 29.0 Å². The highest BCUT2D eigenvalue weighted by Gasteiger charge is 2.23. The van der Waals surface area contributed by atoms with E-state index in [2.05, 4.69) is 4.98 Å². The van der Waals surface area contributed by atoms with Crippen molar-refractivity contribution in [3.05, 3.63) is 76.7 Å². The molecule has 0 spiro atoms. The van der Waals surface area contributed by atoms with Crippen LogP contribution in [0, 0.1) is 12.7 Å². The number of carboxylic acids is 1. The normalized spacial score (nSPS) is 11.8. The molecule has 2 aromatic heterocycles. The lowest BCUT2D eigenvalue weighted by molar-refractivity contribution is -0.137. The SMILES string of the molecule is Cc1c(Cc2csc(S(=O)(=O)c3ccccc3)n2)c2cc(F)ccc2n1CC(=O)O. The van der Waals surface area contributed by atoms with Crippen LogP contribution in [0.1, 0.15) is 17.0 Å². The molecule has 4 aromatic rings. The fourth-order valence-electron chi connectivity index (χ4n) is 3.46. The summed E-state index contributed by atoms with van der Waals surface area (Å²) in [6, 6.07) is 12.3. The number of carbonyl (C=O) groups is 1. The van der Waals surface area contributed by atoms with Crippen molar-refractivity contribution in [2.45, 2.75) is 29.1 Å². The first-order chi connectivity index (χ1) is 14.3. The molecule has 9 heteroatoms. The van der Waals surface area contributed by atoms with Crippen molar-refractivity contribution < 1.29 is 22.7 Å². The van der Waals surface area contributed by atoms with E-state index in [1.807, 2.05) is 0 Å². The number of sulfone groups is 1. The number of aromatic nitrogens is 2. The molecule has 0 aliphatic rings. The van der Waals surface area contributed by atoms with Gasteiger partial charge in [-0.2, -0.15) is 0 Å². The van der Waals surface area contributed by atoms with Crippen molar-refractivity contribution >= 4 is 38.0 Å². The second-order valence-electron chi connectivity index (χ2n) is 6.80. The lowest BCUT2D eigenvalue weighted by Crippen LogP contribution is -2.10. The van der Waals surface area contributed by atoms with Crippen LogP contribution in [0.15, 0.2) is 63.1 Å². The van der Waals surface area contributed by atoms with Crippen molar-refractivity contribution in [1.82, 2.24) is 9.55 Å². The number of nitrogens with zero attached hydrogens (tertiary/aromatic N) is 2. The van der Waals surface area contributed by atoms with Crippen LogP contribution in [0.2, 0.25) is 0 Å². The largest absolute Gasteiger partial charge is 0.480 e. The van der Waals surface area contributed by atoms with Crippen LogP contribution < -0.4 is 0 Å². The number of rotatable bonds is 6. The highest BCUT2D eigenvalue weighted by molar-refractivity contribution is 7.93. The van der Waals surface area contributed by atoms with E-state index in [-0.39, 0.29) is 22.2 Å². The van der Waals surface area contributed by atoms with Crippen LogP contribution in [-0.2, 0) is 27.6 Å². The molecule has 1 N–H and O–H groups in total. The van der Waals surface area contributed by atoms with Gasteiger partial charge in [0.25, 0.3) is 0 Å². The summed E-state index contributed by atoms with van der Waals surface area (Å²) >= 11 is 1.03. The lowest BCUT2D eigenvalue weighted by atomic mass is 10.1. The summed E-state index contributed by atoms with van der Waals surface area (Å²) < 4.78 is 41.0. The Balaban J connectivity index is 1.75. The van der Waals surface area contributed by atoms with Crippen LogP contribution in [0.4, 0.5) is 4.39 Å². The summed E-state index contributed by atoms with van der Waals surface area (Å²) in [5, 5.41) is 11.5. The minimum absolute atomic E-state index is 0.0122. The fourth-order valence-corrected chi connectivity index (χ4v) is 5.90. The van der Waals surface area contributed by atoms with Gasteiger partial charge in [-0.3, -0.25) is 4.79 Å². The van der Waals surface area contributed by atoms with Crippen LogP contribution in [0.3, 0.4) is 0 Å². The Morgan fingerprint density at radius 2 is 1.93 bits per heavy atom. The smallest absolute Gasteiger partial charge is 0.323 e. The zero-order valence-corrected chi connectivity index (χ0v) is 17.5. The van der Waals surface area contributed by atoms with Gasteiger partial charge in [-0.15, -0.1) is 11.3 Å². The molecule has 154 valence electrons. The summed E-state index contributed by atoms with van der Waals surface area (Å²) in [6.07, 6.45) is 0.263. The van der Waals surface area contributed by atoms with Crippen LogP contribution >= 0.6 is 11.3 Å². The first kappa shape index (κ1) is 20.2. The Morgan fingerprint density at radius 1 is 1.20 bits per heavy atom. The van der Waals surface area contributed by atoms with Crippen molar-refractivity contribution in [2.24, 2.45) is 0 Å². The zero-order valence-electron chi connectivity index (χ0n) is 15.9. The lowest BCUT2D eigenvalue weighted by Gasteiger charge is -2.05. The summed E-state index contributed by atoms with van der Waals surface area (Å²) in [7, 11) is -3.72. The van der Waals surface area contributed by atoms with E-state index >= 15 is 0 Å². The Bertz CT molecular complexity index is 1360. The summed E-state index contributed by atoms with van der Waals surface area (Å²) in [6.45, 7) is 1.52. The molecule has 0 unspecified atom stereocenters. The number of halogens is 1. The van der Waals surface area contributed by atoms with Crippen molar-refractivity contribution in [3.63, 3.8) is 0 Å². The Morgan fingerprint density at radius 3 is 2.63 bits per heavy atom. The third-order valence-electron chi connectivity index (χ3n) is 4.88. The Labute approximate surface area is 176 Å². The van der Waals surface area contributed by atoms with E-state index in [9.17, 15) is 22.7 Å². The molecule has 0 amide bonds. The molecule has 0 atom stereocenters. The Kier molecular flexibility index (Phi) is 5.17. The monoisotopic (exact) mass is 444 g/mol. The number of aliphatic carboxylic acids is 1. The number of hydrogen-bond acceptors (Lipinski definition) is 5. The van der Waals surface area contributed by atoms with Gasteiger partial charge >= 0.3 is 5.97 Å². The number of fused-ring (bicyclic) bond motifs is 1. The first-order valence-electron chi connectivity index (χ1n) is 9.01. The third-order valence-corrected chi connectivity index (χ3v) is 7.96. The second-order valence-corrected chi connectivity index (χ2v) is 9.78. The molecule has 0 saturated carbocycles.